The van der Waals surface area contributed by atoms with Crippen LogP contribution in [0.4, 0.5) is 5.69 Å². The molecule has 0 spiro atoms. The van der Waals surface area contributed by atoms with E-state index < -0.39 is 0 Å². The molecule has 2 heterocycles. The Balaban J connectivity index is 1.42. The highest BCUT2D eigenvalue weighted by molar-refractivity contribution is 7.99. The van der Waals surface area contributed by atoms with Gasteiger partial charge in [-0.2, -0.15) is 0 Å². The number of rotatable bonds is 7. The third-order valence-corrected chi connectivity index (χ3v) is 6.83. The van der Waals surface area contributed by atoms with E-state index in [1.807, 2.05) is 74.5 Å². The van der Waals surface area contributed by atoms with Gasteiger partial charge in [-0.1, -0.05) is 41.6 Å². The maximum absolute atomic E-state index is 12.2. The normalized spacial score (nSPS) is 10.7. The molecule has 4 aromatic rings. The Kier molecular flexibility index (Phi) is 6.82. The van der Waals surface area contributed by atoms with E-state index >= 15 is 0 Å². The first-order valence-corrected chi connectivity index (χ1v) is 11.8. The van der Waals surface area contributed by atoms with Crippen LogP contribution >= 0.6 is 23.1 Å². The zero-order chi connectivity index (χ0) is 22.5. The zero-order valence-electron chi connectivity index (χ0n) is 18.0. The van der Waals surface area contributed by atoms with Gasteiger partial charge in [-0.15, -0.1) is 21.5 Å². The number of nitrogens with zero attached hydrogens (tertiary/aromatic N) is 3. The lowest BCUT2D eigenvalue weighted by Crippen LogP contribution is -2.14. The first-order chi connectivity index (χ1) is 15.5. The zero-order valence-corrected chi connectivity index (χ0v) is 19.6. The van der Waals surface area contributed by atoms with Crippen LogP contribution in [0.3, 0.4) is 0 Å². The molecule has 0 aliphatic carbocycles. The fourth-order valence-corrected chi connectivity index (χ4v) is 4.74. The standard InChI is InChI=1S/C24H22N4O2S2/c1-15-8-10-17(11-9-15)26-21(29)14-31-22-13-12-19(27-28-22)23-16(2)25-24(32-23)18-6-4-5-7-20(18)30-3/h4-13H,14H2,1-3H3,(H,26,29). The fraction of sp³-hybridized carbons (Fsp3) is 0.167. The predicted octanol–water partition coefficient (Wildman–Crippen LogP) is 5.62. The van der Waals surface area contributed by atoms with E-state index in [9.17, 15) is 4.79 Å². The van der Waals surface area contributed by atoms with Crippen LogP contribution in [0.1, 0.15) is 11.3 Å². The van der Waals surface area contributed by atoms with Crippen molar-refractivity contribution in [1.29, 1.82) is 0 Å². The number of thiazole rings is 1. The summed E-state index contributed by atoms with van der Waals surface area (Å²) < 4.78 is 5.46. The molecule has 0 aliphatic rings. The molecule has 162 valence electrons. The number of amides is 1. The highest BCUT2D eigenvalue weighted by Crippen LogP contribution is 2.38. The smallest absolute Gasteiger partial charge is 0.234 e. The summed E-state index contributed by atoms with van der Waals surface area (Å²) in [7, 11) is 1.66. The van der Waals surface area contributed by atoms with Crippen LogP contribution in [0.2, 0.25) is 0 Å². The molecule has 2 aromatic heterocycles. The second-order valence-corrected chi connectivity index (χ2v) is 9.09. The van der Waals surface area contributed by atoms with Crippen molar-refractivity contribution < 1.29 is 9.53 Å². The van der Waals surface area contributed by atoms with Crippen LogP contribution in [0.25, 0.3) is 21.1 Å². The second-order valence-electron chi connectivity index (χ2n) is 7.09. The van der Waals surface area contributed by atoms with Gasteiger partial charge in [0.25, 0.3) is 0 Å². The molecule has 0 atom stereocenters. The third-order valence-electron chi connectivity index (χ3n) is 4.69. The summed E-state index contributed by atoms with van der Waals surface area (Å²) in [4.78, 5) is 17.9. The Morgan fingerprint density at radius 1 is 1.03 bits per heavy atom. The Morgan fingerprint density at radius 2 is 1.81 bits per heavy atom. The molecule has 4 rings (SSSR count). The Bertz CT molecular complexity index is 1220. The number of benzene rings is 2. The SMILES string of the molecule is COc1ccccc1-c1nc(C)c(-c2ccc(SCC(=O)Nc3ccc(C)cc3)nn2)s1. The number of aromatic nitrogens is 3. The number of aryl methyl sites for hydroxylation is 2. The number of carbonyl (C=O) groups is 1. The molecule has 0 bridgehead atoms. The minimum atomic E-state index is -0.0792. The maximum atomic E-state index is 12.2. The summed E-state index contributed by atoms with van der Waals surface area (Å²) in [5.74, 6) is 0.971. The van der Waals surface area contributed by atoms with Gasteiger partial charge in [0, 0.05) is 5.69 Å². The molecule has 0 radical (unpaired) electrons. The van der Waals surface area contributed by atoms with Crippen LogP contribution in [0.5, 0.6) is 5.75 Å². The van der Waals surface area contributed by atoms with Crippen molar-refractivity contribution in [3.05, 3.63) is 71.9 Å². The van der Waals surface area contributed by atoms with Gasteiger partial charge in [-0.3, -0.25) is 4.79 Å². The van der Waals surface area contributed by atoms with Crippen LogP contribution in [-0.4, -0.2) is 34.0 Å². The number of nitrogens with one attached hydrogen (secondary N) is 1. The minimum absolute atomic E-state index is 0.0792. The van der Waals surface area contributed by atoms with E-state index in [0.717, 1.165) is 43.8 Å². The highest BCUT2D eigenvalue weighted by Gasteiger charge is 2.16. The average molecular weight is 463 g/mol. The van der Waals surface area contributed by atoms with Gasteiger partial charge in [-0.25, -0.2) is 4.98 Å². The van der Waals surface area contributed by atoms with E-state index in [-0.39, 0.29) is 11.7 Å². The third kappa shape index (κ3) is 5.15. The molecule has 1 N–H and O–H groups in total. The summed E-state index contributed by atoms with van der Waals surface area (Å²) in [5, 5.41) is 13.1. The van der Waals surface area contributed by atoms with Crippen molar-refractivity contribution in [2.24, 2.45) is 0 Å². The van der Waals surface area contributed by atoms with E-state index in [0.29, 0.717) is 5.03 Å². The van der Waals surface area contributed by atoms with E-state index in [1.54, 1.807) is 18.4 Å². The number of methoxy groups -OCH3 is 1. The molecule has 1 amide bonds. The summed E-state index contributed by atoms with van der Waals surface area (Å²) in [5.41, 5.74) is 4.54. The van der Waals surface area contributed by atoms with Crippen molar-refractivity contribution in [3.8, 4) is 26.9 Å². The summed E-state index contributed by atoms with van der Waals surface area (Å²) >= 11 is 2.91. The summed E-state index contributed by atoms with van der Waals surface area (Å²) in [6.07, 6.45) is 0. The van der Waals surface area contributed by atoms with E-state index in [2.05, 4.69) is 15.5 Å². The molecular weight excluding hydrogens is 440 g/mol. The lowest BCUT2D eigenvalue weighted by atomic mass is 10.2. The van der Waals surface area contributed by atoms with Gasteiger partial charge in [0.1, 0.15) is 21.5 Å². The number of ether oxygens (including phenoxy) is 1. The number of para-hydroxylation sites is 1. The van der Waals surface area contributed by atoms with Gasteiger partial charge in [0.05, 0.1) is 29.0 Å². The quantitative estimate of drug-likeness (QED) is 0.359. The lowest BCUT2D eigenvalue weighted by Gasteiger charge is -2.05. The number of hydrogen-bond acceptors (Lipinski definition) is 7. The molecule has 6 nitrogen and oxygen atoms in total. The molecule has 0 saturated carbocycles. The van der Waals surface area contributed by atoms with Crippen molar-refractivity contribution in [2.75, 3.05) is 18.2 Å². The fourth-order valence-electron chi connectivity index (χ4n) is 3.06. The van der Waals surface area contributed by atoms with Gasteiger partial charge in [-0.05, 0) is 50.2 Å². The largest absolute Gasteiger partial charge is 0.496 e. The number of carbonyl (C=O) groups excluding carboxylic acids is 1. The van der Waals surface area contributed by atoms with Crippen molar-refractivity contribution >= 4 is 34.7 Å². The average Bonchev–Trinajstić information content (AvgIpc) is 3.21. The monoisotopic (exact) mass is 462 g/mol. The predicted molar refractivity (Wildman–Crippen MR) is 130 cm³/mol. The first-order valence-electron chi connectivity index (χ1n) is 9.97. The number of thioether (sulfide) groups is 1. The lowest BCUT2D eigenvalue weighted by molar-refractivity contribution is -0.113. The second kappa shape index (κ2) is 9.93. The van der Waals surface area contributed by atoms with Crippen LogP contribution in [0, 0.1) is 13.8 Å². The molecule has 32 heavy (non-hydrogen) atoms. The molecule has 2 aromatic carbocycles. The van der Waals surface area contributed by atoms with Crippen LogP contribution in [0.15, 0.2) is 65.7 Å². The number of anilines is 1. The molecule has 0 aliphatic heterocycles. The van der Waals surface area contributed by atoms with E-state index in [1.165, 1.54) is 11.8 Å². The molecule has 0 fully saturated rings. The maximum Gasteiger partial charge on any atom is 0.234 e. The Labute approximate surface area is 195 Å². The van der Waals surface area contributed by atoms with Gasteiger partial charge < -0.3 is 10.1 Å². The summed E-state index contributed by atoms with van der Waals surface area (Å²) in [6, 6.07) is 19.3. The Morgan fingerprint density at radius 3 is 2.53 bits per heavy atom. The van der Waals surface area contributed by atoms with Crippen molar-refractivity contribution in [1.82, 2.24) is 15.2 Å². The van der Waals surface area contributed by atoms with Gasteiger partial charge in [0.15, 0.2) is 0 Å². The van der Waals surface area contributed by atoms with Crippen molar-refractivity contribution in [2.45, 2.75) is 18.9 Å². The van der Waals surface area contributed by atoms with Crippen LogP contribution in [-0.2, 0) is 4.79 Å². The van der Waals surface area contributed by atoms with Crippen LogP contribution < -0.4 is 10.1 Å². The summed E-state index contributed by atoms with van der Waals surface area (Å²) in [6.45, 7) is 3.97. The molecule has 0 saturated heterocycles. The van der Waals surface area contributed by atoms with Gasteiger partial charge in [0.2, 0.25) is 5.91 Å². The first kappa shape index (κ1) is 22.0. The minimum Gasteiger partial charge on any atom is -0.496 e. The molecule has 0 unspecified atom stereocenters. The number of hydrogen-bond donors (Lipinski definition) is 1. The van der Waals surface area contributed by atoms with Crippen molar-refractivity contribution in [3.63, 3.8) is 0 Å². The molecule has 8 heteroatoms. The highest BCUT2D eigenvalue weighted by atomic mass is 32.2. The molecular formula is C24H22N4O2S2. The Hall–Kier alpha value is -3.23. The van der Waals surface area contributed by atoms with Gasteiger partial charge >= 0.3 is 0 Å². The topological polar surface area (TPSA) is 77.0 Å². The van der Waals surface area contributed by atoms with E-state index in [4.69, 9.17) is 9.72 Å².